The molecule has 8 heteroatoms. The Labute approximate surface area is 187 Å². The number of aryl methyl sites for hydroxylation is 1. The van der Waals surface area contributed by atoms with Crippen molar-refractivity contribution in [3.8, 4) is 11.6 Å². The maximum atomic E-state index is 11.5. The molecule has 0 saturated carbocycles. The van der Waals surface area contributed by atoms with Crippen LogP contribution in [0.2, 0.25) is 0 Å². The number of anilines is 2. The van der Waals surface area contributed by atoms with E-state index in [9.17, 15) is 9.90 Å². The van der Waals surface area contributed by atoms with Crippen LogP contribution in [-0.4, -0.2) is 43.6 Å². The van der Waals surface area contributed by atoms with E-state index in [0.29, 0.717) is 31.0 Å². The fraction of sp³-hybridized carbons (Fsp3) is 0.333. The van der Waals surface area contributed by atoms with Gasteiger partial charge in [0.1, 0.15) is 17.3 Å². The number of rotatable bonds is 6. The summed E-state index contributed by atoms with van der Waals surface area (Å²) < 4.78 is 6.08. The lowest BCUT2D eigenvalue weighted by atomic mass is 9.87. The van der Waals surface area contributed by atoms with Crippen LogP contribution in [0.25, 0.3) is 0 Å². The summed E-state index contributed by atoms with van der Waals surface area (Å²) in [6, 6.07) is 11.5. The summed E-state index contributed by atoms with van der Waals surface area (Å²) in [4.78, 5) is 26.3. The molecule has 3 heterocycles. The van der Waals surface area contributed by atoms with Gasteiger partial charge < -0.3 is 20.1 Å². The summed E-state index contributed by atoms with van der Waals surface area (Å²) in [5, 5.41) is 12.7. The van der Waals surface area contributed by atoms with Crippen LogP contribution in [0.4, 0.5) is 16.3 Å². The normalized spacial score (nSPS) is 18.2. The lowest BCUT2D eigenvalue weighted by Crippen LogP contribution is -2.44. The third kappa shape index (κ3) is 4.96. The SMILES string of the molecule is CCC1CC(c2nccnc2Oc2ccc(Nc3ccc(C)cn3)cc2)CCN1C(=O)O. The van der Waals surface area contributed by atoms with Gasteiger partial charge in [-0.3, -0.25) is 4.98 Å². The summed E-state index contributed by atoms with van der Waals surface area (Å²) in [7, 11) is 0. The van der Waals surface area contributed by atoms with Crippen LogP contribution in [0, 0.1) is 6.92 Å². The van der Waals surface area contributed by atoms with E-state index in [4.69, 9.17) is 4.74 Å². The molecule has 1 aliphatic heterocycles. The van der Waals surface area contributed by atoms with E-state index in [2.05, 4.69) is 20.3 Å². The fourth-order valence-electron chi connectivity index (χ4n) is 4.04. The van der Waals surface area contributed by atoms with Gasteiger partial charge in [0.2, 0.25) is 5.88 Å². The number of benzene rings is 1. The van der Waals surface area contributed by atoms with Crippen molar-refractivity contribution < 1.29 is 14.6 Å². The van der Waals surface area contributed by atoms with E-state index >= 15 is 0 Å². The van der Waals surface area contributed by atoms with Crippen molar-refractivity contribution in [2.24, 2.45) is 0 Å². The highest BCUT2D eigenvalue weighted by molar-refractivity contribution is 5.65. The molecule has 0 bridgehead atoms. The molecule has 2 unspecified atom stereocenters. The van der Waals surface area contributed by atoms with Crippen LogP contribution in [0.5, 0.6) is 11.6 Å². The monoisotopic (exact) mass is 433 g/mol. The van der Waals surface area contributed by atoms with E-state index in [1.54, 1.807) is 12.4 Å². The van der Waals surface area contributed by atoms with Gasteiger partial charge in [0.25, 0.3) is 0 Å². The largest absolute Gasteiger partial charge is 0.465 e. The topological polar surface area (TPSA) is 100 Å². The summed E-state index contributed by atoms with van der Waals surface area (Å²) in [5.41, 5.74) is 2.79. The third-order valence-corrected chi connectivity index (χ3v) is 5.76. The van der Waals surface area contributed by atoms with Crippen LogP contribution in [-0.2, 0) is 0 Å². The number of ether oxygens (including phenoxy) is 1. The Kier molecular flexibility index (Phi) is 6.49. The molecular formula is C24H27N5O3. The first-order valence-corrected chi connectivity index (χ1v) is 10.8. The quantitative estimate of drug-likeness (QED) is 0.540. The number of amides is 1. The zero-order valence-electron chi connectivity index (χ0n) is 18.2. The van der Waals surface area contributed by atoms with Gasteiger partial charge >= 0.3 is 6.09 Å². The molecule has 2 N–H and O–H groups in total. The lowest BCUT2D eigenvalue weighted by molar-refractivity contribution is 0.0983. The summed E-state index contributed by atoms with van der Waals surface area (Å²) in [6.45, 7) is 4.50. The average molecular weight is 434 g/mol. The number of likely N-dealkylation sites (tertiary alicyclic amines) is 1. The van der Waals surface area contributed by atoms with Crippen molar-refractivity contribution in [1.29, 1.82) is 0 Å². The van der Waals surface area contributed by atoms with Gasteiger partial charge in [0, 0.05) is 42.8 Å². The minimum atomic E-state index is -0.861. The molecule has 1 saturated heterocycles. The minimum absolute atomic E-state index is 0.0261. The lowest BCUT2D eigenvalue weighted by Gasteiger charge is -2.37. The van der Waals surface area contributed by atoms with Gasteiger partial charge in [-0.25, -0.2) is 14.8 Å². The molecule has 8 nitrogen and oxygen atoms in total. The Hall–Kier alpha value is -3.68. The Bertz CT molecular complexity index is 1060. The molecule has 1 aromatic carbocycles. The van der Waals surface area contributed by atoms with Crippen LogP contribution in [0.3, 0.4) is 0 Å². The Balaban J connectivity index is 1.46. The average Bonchev–Trinajstić information content (AvgIpc) is 2.81. The predicted octanol–water partition coefficient (Wildman–Crippen LogP) is 5.35. The van der Waals surface area contributed by atoms with Crippen LogP contribution < -0.4 is 10.1 Å². The maximum Gasteiger partial charge on any atom is 0.407 e. The predicted molar refractivity (Wildman–Crippen MR) is 122 cm³/mol. The number of hydrogen-bond donors (Lipinski definition) is 2. The first-order chi connectivity index (χ1) is 15.5. The number of aromatic nitrogens is 3. The summed E-state index contributed by atoms with van der Waals surface area (Å²) in [5.74, 6) is 2.01. The van der Waals surface area contributed by atoms with E-state index in [0.717, 1.165) is 29.2 Å². The molecule has 3 aromatic rings. The Morgan fingerprint density at radius 1 is 1.16 bits per heavy atom. The van der Waals surface area contributed by atoms with Gasteiger partial charge in [-0.1, -0.05) is 13.0 Å². The highest BCUT2D eigenvalue weighted by atomic mass is 16.5. The molecule has 1 amide bonds. The third-order valence-electron chi connectivity index (χ3n) is 5.76. The van der Waals surface area contributed by atoms with Crippen molar-refractivity contribution in [2.45, 2.75) is 45.1 Å². The molecule has 166 valence electrons. The number of nitrogens with one attached hydrogen (secondary N) is 1. The van der Waals surface area contributed by atoms with Crippen LogP contribution >= 0.6 is 0 Å². The number of pyridine rings is 1. The van der Waals surface area contributed by atoms with E-state index in [-0.39, 0.29) is 12.0 Å². The van der Waals surface area contributed by atoms with Gasteiger partial charge in [-0.2, -0.15) is 0 Å². The number of hydrogen-bond acceptors (Lipinski definition) is 6. The molecule has 2 aromatic heterocycles. The number of carboxylic acid groups (broad SMARTS) is 1. The maximum absolute atomic E-state index is 11.5. The zero-order valence-corrected chi connectivity index (χ0v) is 18.2. The van der Waals surface area contributed by atoms with Crippen molar-refractivity contribution >= 4 is 17.6 Å². The van der Waals surface area contributed by atoms with E-state index < -0.39 is 6.09 Å². The van der Waals surface area contributed by atoms with E-state index in [1.807, 2.05) is 56.4 Å². The van der Waals surface area contributed by atoms with E-state index in [1.165, 1.54) is 4.90 Å². The number of carbonyl (C=O) groups is 1. The highest BCUT2D eigenvalue weighted by Gasteiger charge is 2.33. The molecule has 0 radical (unpaired) electrons. The molecule has 0 spiro atoms. The Morgan fingerprint density at radius 2 is 1.94 bits per heavy atom. The van der Waals surface area contributed by atoms with Gasteiger partial charge in [0.05, 0.1) is 0 Å². The second kappa shape index (κ2) is 9.64. The van der Waals surface area contributed by atoms with Crippen molar-refractivity contribution in [1.82, 2.24) is 19.9 Å². The molecule has 0 aliphatic carbocycles. The molecule has 4 rings (SSSR count). The molecule has 32 heavy (non-hydrogen) atoms. The smallest absolute Gasteiger partial charge is 0.407 e. The minimum Gasteiger partial charge on any atom is -0.465 e. The standard InChI is InChI=1S/C24H27N5O3/c1-3-19-14-17(10-13-29(19)24(30)31)22-23(26-12-11-25-22)32-20-7-5-18(6-8-20)28-21-9-4-16(2)15-27-21/h4-9,11-12,15,17,19H,3,10,13-14H2,1-2H3,(H,27,28)(H,30,31). The van der Waals surface area contributed by atoms with Crippen LogP contribution in [0.15, 0.2) is 55.0 Å². The van der Waals surface area contributed by atoms with Gasteiger partial charge in [-0.15, -0.1) is 0 Å². The number of piperidine rings is 1. The fourth-order valence-corrected chi connectivity index (χ4v) is 4.04. The summed E-state index contributed by atoms with van der Waals surface area (Å²) in [6.07, 6.45) is 6.41. The second-order valence-corrected chi connectivity index (χ2v) is 7.98. The van der Waals surface area contributed by atoms with Crippen LogP contribution in [0.1, 0.15) is 43.4 Å². The van der Waals surface area contributed by atoms with Crippen molar-refractivity contribution in [3.05, 3.63) is 66.2 Å². The molecule has 2 atom stereocenters. The zero-order chi connectivity index (χ0) is 22.5. The Morgan fingerprint density at radius 3 is 2.62 bits per heavy atom. The first kappa shape index (κ1) is 21.5. The second-order valence-electron chi connectivity index (χ2n) is 7.98. The first-order valence-electron chi connectivity index (χ1n) is 10.8. The molecule has 1 fully saturated rings. The van der Waals surface area contributed by atoms with Crippen molar-refractivity contribution in [3.63, 3.8) is 0 Å². The van der Waals surface area contributed by atoms with Gasteiger partial charge in [-0.05, 0) is 62.1 Å². The molecular weight excluding hydrogens is 406 g/mol. The summed E-state index contributed by atoms with van der Waals surface area (Å²) >= 11 is 0. The molecule has 1 aliphatic rings. The number of nitrogens with zero attached hydrogens (tertiary/aromatic N) is 4. The van der Waals surface area contributed by atoms with Crippen molar-refractivity contribution in [2.75, 3.05) is 11.9 Å². The highest BCUT2D eigenvalue weighted by Crippen LogP contribution is 2.36. The van der Waals surface area contributed by atoms with Gasteiger partial charge in [0.15, 0.2) is 0 Å².